The fraction of sp³-hybridized carbons (Fsp3) is 0.567. The van der Waals surface area contributed by atoms with Crippen LogP contribution in [0.1, 0.15) is 82.4 Å². The van der Waals surface area contributed by atoms with E-state index in [9.17, 15) is 9.90 Å². The van der Waals surface area contributed by atoms with E-state index in [2.05, 4.69) is 36.3 Å². The first-order chi connectivity index (χ1) is 18.8. The maximum absolute atomic E-state index is 13.2. The van der Waals surface area contributed by atoms with Gasteiger partial charge in [0.1, 0.15) is 17.4 Å². The third kappa shape index (κ3) is 5.83. The van der Waals surface area contributed by atoms with E-state index in [4.69, 9.17) is 0 Å². The number of nitrogens with zero attached hydrogens (tertiary/aromatic N) is 7. The lowest BCUT2D eigenvalue weighted by atomic mass is 10.1. The molecule has 2 aromatic rings. The van der Waals surface area contributed by atoms with Gasteiger partial charge in [-0.2, -0.15) is 0 Å². The number of hydrogen-bond acceptors (Lipinski definition) is 7. The molecule has 0 amide bonds. The molecule has 0 aromatic carbocycles. The summed E-state index contributed by atoms with van der Waals surface area (Å²) in [5.41, 5.74) is 1.23. The van der Waals surface area contributed by atoms with E-state index in [1.165, 1.54) is 25.7 Å². The van der Waals surface area contributed by atoms with Gasteiger partial charge in [0, 0.05) is 55.4 Å². The summed E-state index contributed by atoms with van der Waals surface area (Å²) in [5, 5.41) is 11.3. The van der Waals surface area contributed by atoms with Gasteiger partial charge < -0.3 is 14.6 Å². The van der Waals surface area contributed by atoms with E-state index < -0.39 is 0 Å². The number of rotatable bonds is 5. The second-order valence-electron chi connectivity index (χ2n) is 11.2. The van der Waals surface area contributed by atoms with Crippen LogP contribution in [0.2, 0.25) is 0 Å². The number of aliphatic hydroxyl groups excluding tert-OH is 1. The minimum Gasteiger partial charge on any atom is -0.512 e. The van der Waals surface area contributed by atoms with Gasteiger partial charge >= 0.3 is 0 Å². The molecule has 9 heteroatoms. The Morgan fingerprint density at radius 2 is 1.64 bits per heavy atom. The van der Waals surface area contributed by atoms with E-state index in [0.29, 0.717) is 27.8 Å². The molecule has 3 aliphatic rings. The van der Waals surface area contributed by atoms with Crippen molar-refractivity contribution < 1.29 is 5.11 Å². The molecule has 9 nitrogen and oxygen atoms in total. The summed E-state index contributed by atoms with van der Waals surface area (Å²) >= 11 is 0. The van der Waals surface area contributed by atoms with Crippen molar-refractivity contribution in [2.45, 2.75) is 84.2 Å². The summed E-state index contributed by atoms with van der Waals surface area (Å²) in [6.45, 7) is 13.5. The van der Waals surface area contributed by atoms with Gasteiger partial charge in [-0.15, -0.1) is 0 Å². The maximum atomic E-state index is 13.2. The van der Waals surface area contributed by atoms with Gasteiger partial charge in [0.15, 0.2) is 5.82 Å². The van der Waals surface area contributed by atoms with Crippen molar-refractivity contribution in [2.24, 2.45) is 9.98 Å². The van der Waals surface area contributed by atoms with Crippen molar-refractivity contribution in [3.8, 4) is 0 Å². The maximum Gasteiger partial charge on any atom is 0.262 e. The molecule has 208 valence electrons. The number of piperazine rings is 1. The average molecular weight is 532 g/mol. The third-order valence-corrected chi connectivity index (χ3v) is 8.63. The summed E-state index contributed by atoms with van der Waals surface area (Å²) in [4.78, 5) is 36.4. The van der Waals surface area contributed by atoms with Crippen LogP contribution in [0.4, 0.5) is 11.6 Å². The molecule has 3 fully saturated rings. The van der Waals surface area contributed by atoms with Gasteiger partial charge in [-0.05, 0) is 52.0 Å². The molecule has 2 aromatic heterocycles. The molecule has 2 saturated carbocycles. The smallest absolute Gasteiger partial charge is 0.262 e. The summed E-state index contributed by atoms with van der Waals surface area (Å²) in [6.07, 6.45) is 14.7. The second kappa shape index (κ2) is 11.8. The van der Waals surface area contributed by atoms with Crippen LogP contribution in [0.5, 0.6) is 0 Å². The van der Waals surface area contributed by atoms with Gasteiger partial charge in [0.05, 0.1) is 17.6 Å². The fourth-order valence-electron chi connectivity index (χ4n) is 6.50. The van der Waals surface area contributed by atoms with Crippen LogP contribution in [0.25, 0.3) is 12.3 Å². The van der Waals surface area contributed by atoms with Crippen molar-refractivity contribution in [3.05, 3.63) is 44.4 Å². The Morgan fingerprint density at radius 3 is 2.23 bits per heavy atom. The Kier molecular flexibility index (Phi) is 8.26. The first-order valence-corrected chi connectivity index (χ1v) is 14.4. The van der Waals surface area contributed by atoms with Crippen LogP contribution in [0.15, 0.2) is 27.2 Å². The molecule has 0 atom stereocenters. The summed E-state index contributed by atoms with van der Waals surface area (Å²) in [6, 6.07) is 0.871. The molecule has 1 N–H and O–H groups in total. The zero-order chi connectivity index (χ0) is 27.5. The lowest BCUT2D eigenvalue weighted by Gasteiger charge is -2.38. The zero-order valence-electron chi connectivity index (χ0n) is 23.6. The SMILES string of the molecule is C=c1c(C=NC(C)=Nc2cnc(N3CCN(C4CCCC4)CC3)cn2)c(C)c(=C(C)O)c(=O)n1C1CCCC1. The number of amidine groups is 1. The highest BCUT2D eigenvalue weighted by atomic mass is 16.3. The number of aromatic nitrogens is 3. The molecule has 1 aliphatic heterocycles. The van der Waals surface area contributed by atoms with Crippen molar-refractivity contribution in [3.63, 3.8) is 0 Å². The third-order valence-electron chi connectivity index (χ3n) is 8.63. The second-order valence-corrected chi connectivity index (χ2v) is 11.2. The predicted molar refractivity (Wildman–Crippen MR) is 158 cm³/mol. The first kappa shape index (κ1) is 27.2. The number of pyridine rings is 1. The van der Waals surface area contributed by atoms with Gasteiger partial charge in [-0.1, -0.05) is 32.3 Å². The van der Waals surface area contributed by atoms with Gasteiger partial charge in [-0.3, -0.25) is 9.69 Å². The molecule has 0 spiro atoms. The van der Waals surface area contributed by atoms with Crippen molar-refractivity contribution in [1.82, 2.24) is 19.4 Å². The monoisotopic (exact) mass is 531 g/mol. The Bertz CT molecular complexity index is 1400. The normalized spacial score (nSPS) is 20.9. The molecule has 0 unspecified atom stereocenters. The number of aliphatic imine (C=N–C) groups is 2. The molecule has 3 heterocycles. The Labute approximate surface area is 230 Å². The van der Waals surface area contributed by atoms with E-state index >= 15 is 0 Å². The van der Waals surface area contributed by atoms with Gasteiger partial charge in [0.2, 0.25) is 0 Å². The van der Waals surface area contributed by atoms with E-state index in [1.807, 2.05) is 13.8 Å². The topological polar surface area (TPSA) is 99.2 Å². The van der Waals surface area contributed by atoms with Gasteiger partial charge in [-0.25, -0.2) is 20.0 Å². The van der Waals surface area contributed by atoms with Crippen molar-refractivity contribution >= 4 is 36.0 Å². The van der Waals surface area contributed by atoms with Crippen LogP contribution < -0.4 is 21.0 Å². The summed E-state index contributed by atoms with van der Waals surface area (Å²) in [5.74, 6) is 1.92. The Hall–Kier alpha value is -3.33. The van der Waals surface area contributed by atoms with Crippen LogP contribution in [0, 0.1) is 6.92 Å². The average Bonchev–Trinajstić information content (AvgIpc) is 3.64. The highest BCUT2D eigenvalue weighted by Gasteiger charge is 2.26. The fourth-order valence-corrected chi connectivity index (χ4v) is 6.50. The molecule has 0 bridgehead atoms. The Morgan fingerprint density at radius 1 is 1.00 bits per heavy atom. The minimum atomic E-state index is -0.178. The molecular formula is C30H41N7O2. The van der Waals surface area contributed by atoms with Crippen LogP contribution >= 0.6 is 0 Å². The summed E-state index contributed by atoms with van der Waals surface area (Å²) < 4.78 is 1.75. The van der Waals surface area contributed by atoms with E-state index in [-0.39, 0.29) is 17.4 Å². The molecular weight excluding hydrogens is 490 g/mol. The van der Waals surface area contributed by atoms with Crippen LogP contribution in [-0.2, 0) is 0 Å². The lowest BCUT2D eigenvalue weighted by Crippen LogP contribution is -2.50. The molecule has 0 radical (unpaired) electrons. The lowest BCUT2D eigenvalue weighted by molar-refractivity contribution is 0.187. The van der Waals surface area contributed by atoms with Crippen LogP contribution in [-0.4, -0.2) is 68.8 Å². The van der Waals surface area contributed by atoms with Crippen LogP contribution in [0.3, 0.4) is 0 Å². The van der Waals surface area contributed by atoms with E-state index in [1.54, 1.807) is 30.1 Å². The largest absolute Gasteiger partial charge is 0.512 e. The zero-order valence-corrected chi connectivity index (χ0v) is 23.6. The van der Waals surface area contributed by atoms with E-state index in [0.717, 1.165) is 69.3 Å². The number of aliphatic hydroxyl groups is 1. The Balaban J connectivity index is 1.31. The molecule has 2 aliphatic carbocycles. The first-order valence-electron chi connectivity index (χ1n) is 14.4. The minimum absolute atomic E-state index is 0.0135. The molecule has 39 heavy (non-hydrogen) atoms. The van der Waals surface area contributed by atoms with Crippen molar-refractivity contribution in [1.29, 1.82) is 0 Å². The quantitative estimate of drug-likeness (QED) is 0.469. The molecule has 5 rings (SSSR count). The standard InChI is InChI=1S/C30H41N7O2/c1-20-26(21(2)37(25-11-7-8-12-25)30(39)29(20)22(3)38)17-31-23(4)34-27-18-33-28(19-32-27)36-15-13-35(14-16-36)24-9-5-6-10-24/h17-19,24-25,38H,2,5-16H2,1,3-4H3. The van der Waals surface area contributed by atoms with Crippen molar-refractivity contribution in [2.75, 3.05) is 31.1 Å². The number of anilines is 1. The highest BCUT2D eigenvalue weighted by Crippen LogP contribution is 2.27. The number of hydrogen-bond donors (Lipinski definition) is 1. The molecule has 1 saturated heterocycles. The van der Waals surface area contributed by atoms with Gasteiger partial charge in [0.25, 0.3) is 5.56 Å². The summed E-state index contributed by atoms with van der Waals surface area (Å²) in [7, 11) is 0. The predicted octanol–water partition coefficient (Wildman–Crippen LogP) is 3.39. The highest BCUT2D eigenvalue weighted by molar-refractivity contribution is 5.95.